The molecule has 92 valence electrons. The number of methoxy groups -OCH3 is 2. The van der Waals surface area contributed by atoms with Gasteiger partial charge in [-0.15, -0.1) is 0 Å². The standard InChI is InChI=1S/C12H15NO4/c1-4-13-12(15)11(14)9-6-5-8(16-2)7-10(9)17-3/h5-7H,4H2,1-3H3,(H,13,15). The van der Waals surface area contributed by atoms with Crippen molar-refractivity contribution in [3.8, 4) is 11.5 Å². The molecule has 0 saturated heterocycles. The second-order valence-corrected chi connectivity index (χ2v) is 3.25. The Hall–Kier alpha value is -2.04. The highest BCUT2D eigenvalue weighted by Gasteiger charge is 2.19. The van der Waals surface area contributed by atoms with Gasteiger partial charge in [0.2, 0.25) is 0 Å². The van der Waals surface area contributed by atoms with E-state index in [1.807, 2.05) is 0 Å². The zero-order valence-electron chi connectivity index (χ0n) is 10.1. The smallest absolute Gasteiger partial charge is 0.292 e. The molecule has 1 N–H and O–H groups in total. The fraction of sp³-hybridized carbons (Fsp3) is 0.333. The molecule has 0 heterocycles. The van der Waals surface area contributed by atoms with Crippen LogP contribution >= 0.6 is 0 Å². The van der Waals surface area contributed by atoms with Crippen LogP contribution in [0, 0.1) is 0 Å². The monoisotopic (exact) mass is 237 g/mol. The van der Waals surface area contributed by atoms with Crippen molar-refractivity contribution in [1.82, 2.24) is 5.32 Å². The summed E-state index contributed by atoms with van der Waals surface area (Å²) >= 11 is 0. The van der Waals surface area contributed by atoms with Crippen LogP contribution in [-0.2, 0) is 4.79 Å². The second kappa shape index (κ2) is 5.89. The molecule has 5 heteroatoms. The largest absolute Gasteiger partial charge is 0.497 e. The fourth-order valence-corrected chi connectivity index (χ4v) is 1.35. The van der Waals surface area contributed by atoms with E-state index >= 15 is 0 Å². The summed E-state index contributed by atoms with van der Waals surface area (Å²) in [6, 6.07) is 4.68. The predicted molar refractivity (Wildman–Crippen MR) is 62.6 cm³/mol. The molecule has 0 aliphatic rings. The number of likely N-dealkylation sites (N-methyl/N-ethyl adjacent to an activating group) is 1. The summed E-state index contributed by atoms with van der Waals surface area (Å²) in [6.07, 6.45) is 0. The summed E-state index contributed by atoms with van der Waals surface area (Å²) in [7, 11) is 2.95. The van der Waals surface area contributed by atoms with Crippen molar-refractivity contribution in [3.05, 3.63) is 23.8 Å². The summed E-state index contributed by atoms with van der Waals surface area (Å²) in [4.78, 5) is 23.2. The van der Waals surface area contributed by atoms with Gasteiger partial charge in [0.15, 0.2) is 0 Å². The minimum atomic E-state index is -0.643. The molecule has 1 aromatic carbocycles. The van der Waals surface area contributed by atoms with Crippen molar-refractivity contribution in [2.45, 2.75) is 6.92 Å². The topological polar surface area (TPSA) is 64.6 Å². The van der Waals surface area contributed by atoms with Crippen molar-refractivity contribution >= 4 is 11.7 Å². The highest BCUT2D eigenvalue weighted by Crippen LogP contribution is 2.24. The number of ketones is 1. The molecule has 5 nitrogen and oxygen atoms in total. The maximum atomic E-state index is 11.8. The molecular formula is C12H15NO4. The Bertz CT molecular complexity index is 429. The molecule has 0 fully saturated rings. The van der Waals surface area contributed by atoms with Crippen LogP contribution in [0.2, 0.25) is 0 Å². The molecule has 1 amide bonds. The predicted octanol–water partition coefficient (Wildman–Crippen LogP) is 1.02. The van der Waals surface area contributed by atoms with E-state index < -0.39 is 11.7 Å². The lowest BCUT2D eigenvalue weighted by molar-refractivity contribution is -0.116. The van der Waals surface area contributed by atoms with E-state index in [2.05, 4.69) is 5.32 Å². The van der Waals surface area contributed by atoms with Crippen LogP contribution in [-0.4, -0.2) is 32.5 Å². The van der Waals surface area contributed by atoms with Crippen LogP contribution in [0.25, 0.3) is 0 Å². The molecule has 0 saturated carbocycles. The van der Waals surface area contributed by atoms with E-state index in [9.17, 15) is 9.59 Å². The minimum Gasteiger partial charge on any atom is -0.497 e. The molecule has 0 aromatic heterocycles. The second-order valence-electron chi connectivity index (χ2n) is 3.25. The van der Waals surface area contributed by atoms with Gasteiger partial charge in [-0.05, 0) is 19.1 Å². The first-order valence-electron chi connectivity index (χ1n) is 5.18. The number of rotatable bonds is 5. The first kappa shape index (κ1) is 13.0. The Labute approximate surface area is 99.7 Å². The number of Topliss-reactive ketones (excluding diaryl/α,β-unsaturated/α-hetero) is 1. The van der Waals surface area contributed by atoms with E-state index in [1.165, 1.54) is 20.3 Å². The van der Waals surface area contributed by atoms with Crippen LogP contribution in [0.4, 0.5) is 0 Å². The van der Waals surface area contributed by atoms with Crippen LogP contribution in [0.15, 0.2) is 18.2 Å². The minimum absolute atomic E-state index is 0.222. The summed E-state index contributed by atoms with van der Waals surface area (Å²) in [5, 5.41) is 2.45. The Morgan fingerprint density at radius 1 is 1.24 bits per heavy atom. The fourth-order valence-electron chi connectivity index (χ4n) is 1.35. The summed E-state index contributed by atoms with van der Waals surface area (Å²) in [6.45, 7) is 2.15. The Kier molecular flexibility index (Phi) is 4.51. The van der Waals surface area contributed by atoms with Crippen LogP contribution < -0.4 is 14.8 Å². The molecular weight excluding hydrogens is 222 g/mol. The van der Waals surface area contributed by atoms with Gasteiger partial charge in [-0.2, -0.15) is 0 Å². The zero-order chi connectivity index (χ0) is 12.8. The quantitative estimate of drug-likeness (QED) is 0.613. The summed E-state index contributed by atoms with van der Waals surface area (Å²) in [5.41, 5.74) is 0.222. The van der Waals surface area contributed by atoms with Gasteiger partial charge < -0.3 is 14.8 Å². The average molecular weight is 237 g/mol. The van der Waals surface area contributed by atoms with Crippen molar-refractivity contribution in [1.29, 1.82) is 0 Å². The van der Waals surface area contributed by atoms with Crippen LogP contribution in [0.3, 0.4) is 0 Å². The molecule has 0 bridgehead atoms. The van der Waals surface area contributed by atoms with Crippen LogP contribution in [0.1, 0.15) is 17.3 Å². The normalized spacial score (nSPS) is 9.59. The lowest BCUT2D eigenvalue weighted by Crippen LogP contribution is -2.30. The lowest BCUT2D eigenvalue weighted by atomic mass is 10.1. The third-order valence-corrected chi connectivity index (χ3v) is 2.20. The van der Waals surface area contributed by atoms with E-state index in [0.717, 1.165) is 0 Å². The Morgan fingerprint density at radius 2 is 1.94 bits per heavy atom. The number of ether oxygens (including phenoxy) is 2. The van der Waals surface area contributed by atoms with Gasteiger partial charge in [0, 0.05) is 12.6 Å². The van der Waals surface area contributed by atoms with Gasteiger partial charge in [-0.1, -0.05) is 0 Å². The molecule has 0 atom stereocenters. The van der Waals surface area contributed by atoms with Crippen molar-refractivity contribution in [2.75, 3.05) is 20.8 Å². The number of carbonyl (C=O) groups excluding carboxylic acids is 2. The zero-order valence-corrected chi connectivity index (χ0v) is 10.1. The average Bonchev–Trinajstić information content (AvgIpc) is 2.37. The van der Waals surface area contributed by atoms with E-state index in [-0.39, 0.29) is 5.56 Å². The van der Waals surface area contributed by atoms with Gasteiger partial charge in [0.05, 0.1) is 19.8 Å². The van der Waals surface area contributed by atoms with Gasteiger partial charge >= 0.3 is 0 Å². The number of amides is 1. The molecule has 0 unspecified atom stereocenters. The van der Waals surface area contributed by atoms with E-state index in [0.29, 0.717) is 18.0 Å². The molecule has 0 aliphatic carbocycles. The molecule has 1 rings (SSSR count). The number of carbonyl (C=O) groups is 2. The summed E-state index contributed by atoms with van der Waals surface area (Å²) < 4.78 is 10.1. The highest BCUT2D eigenvalue weighted by atomic mass is 16.5. The maximum Gasteiger partial charge on any atom is 0.292 e. The third kappa shape index (κ3) is 2.96. The van der Waals surface area contributed by atoms with E-state index in [1.54, 1.807) is 19.1 Å². The Morgan fingerprint density at radius 3 is 2.47 bits per heavy atom. The molecule has 17 heavy (non-hydrogen) atoms. The molecule has 1 aromatic rings. The highest BCUT2D eigenvalue weighted by molar-refractivity contribution is 6.43. The number of nitrogens with one attached hydrogen (secondary N) is 1. The third-order valence-electron chi connectivity index (χ3n) is 2.20. The van der Waals surface area contributed by atoms with Gasteiger partial charge in [0.25, 0.3) is 11.7 Å². The Balaban J connectivity index is 3.05. The van der Waals surface area contributed by atoms with Gasteiger partial charge in [-0.25, -0.2) is 0 Å². The van der Waals surface area contributed by atoms with E-state index in [4.69, 9.17) is 9.47 Å². The van der Waals surface area contributed by atoms with Crippen LogP contribution in [0.5, 0.6) is 11.5 Å². The van der Waals surface area contributed by atoms with Gasteiger partial charge in [0.1, 0.15) is 11.5 Å². The van der Waals surface area contributed by atoms with Crippen molar-refractivity contribution in [2.24, 2.45) is 0 Å². The first-order chi connectivity index (χ1) is 8.13. The maximum absolute atomic E-state index is 11.8. The first-order valence-corrected chi connectivity index (χ1v) is 5.18. The molecule has 0 radical (unpaired) electrons. The SMILES string of the molecule is CCNC(=O)C(=O)c1ccc(OC)cc1OC. The van der Waals surface area contributed by atoms with Gasteiger partial charge in [-0.3, -0.25) is 9.59 Å². The van der Waals surface area contributed by atoms with Crippen molar-refractivity contribution < 1.29 is 19.1 Å². The summed E-state index contributed by atoms with van der Waals surface area (Å²) in [5.74, 6) is -0.378. The molecule has 0 spiro atoms. The number of benzene rings is 1. The molecule has 0 aliphatic heterocycles. The lowest BCUT2D eigenvalue weighted by Gasteiger charge is -2.09. The number of hydrogen-bond acceptors (Lipinski definition) is 4. The van der Waals surface area contributed by atoms with Crippen molar-refractivity contribution in [3.63, 3.8) is 0 Å². The number of hydrogen-bond donors (Lipinski definition) is 1.